The third-order valence-corrected chi connectivity index (χ3v) is 8.61. The Morgan fingerprint density at radius 2 is 1.69 bits per heavy atom. The Kier molecular flexibility index (Phi) is 15.7. The summed E-state index contributed by atoms with van der Waals surface area (Å²) in [6, 6.07) is 6.73. The standard InChI is InChI=1S/C21H27N.C6H11N.3C2H6/c1-13-4-9-20-19-8-7-16-14(2)15(12-22)5-6-17(16)18(19)10-11-21(13,20)3;1-3-6(2)4-5-7;3*1-2/h5-6,13,18-20H,4,7-11H2,1-3H3;3-5H,7H2,1-2H3;3*1-2H3/b;5-4-,6-3-;;;/t13-,18?,19?,20?,21+;;;;/m0..../s1. The molecule has 5 atom stereocenters. The van der Waals surface area contributed by atoms with Crippen LogP contribution in [0.4, 0.5) is 0 Å². The number of hydrogen-bond donors (Lipinski definition) is 1. The lowest BCUT2D eigenvalue weighted by atomic mass is 9.54. The van der Waals surface area contributed by atoms with Crippen LogP contribution in [0.2, 0.25) is 0 Å². The van der Waals surface area contributed by atoms with Crippen molar-refractivity contribution in [2.75, 3.05) is 0 Å². The zero-order chi connectivity index (χ0) is 27.2. The van der Waals surface area contributed by atoms with Crippen LogP contribution in [0.5, 0.6) is 0 Å². The molecule has 4 rings (SSSR count). The second-order valence-corrected chi connectivity index (χ2v) is 9.75. The first kappa shape index (κ1) is 33.0. The van der Waals surface area contributed by atoms with E-state index in [0.717, 1.165) is 29.2 Å². The van der Waals surface area contributed by atoms with E-state index in [1.54, 1.807) is 5.56 Å². The highest BCUT2D eigenvalue weighted by molar-refractivity contribution is 5.49. The highest BCUT2D eigenvalue weighted by Gasteiger charge is 2.53. The van der Waals surface area contributed by atoms with Crippen molar-refractivity contribution in [2.24, 2.45) is 28.9 Å². The third kappa shape index (κ3) is 7.49. The molecule has 0 aromatic heterocycles. The molecule has 0 saturated heterocycles. The van der Waals surface area contributed by atoms with Gasteiger partial charge in [0.05, 0.1) is 11.6 Å². The van der Waals surface area contributed by atoms with Crippen LogP contribution < -0.4 is 5.73 Å². The summed E-state index contributed by atoms with van der Waals surface area (Å²) in [6.07, 6.45) is 13.6. The number of rotatable bonds is 1. The second kappa shape index (κ2) is 16.6. The van der Waals surface area contributed by atoms with Gasteiger partial charge < -0.3 is 5.73 Å². The highest BCUT2D eigenvalue weighted by atomic mass is 14.6. The number of nitriles is 1. The predicted molar refractivity (Wildman–Crippen MR) is 156 cm³/mol. The zero-order valence-corrected chi connectivity index (χ0v) is 25.0. The normalized spacial score (nSPS) is 28.0. The SMILES string of the molecule is C/C=C(C)\C=C/N.CC.CC.CC.Cc1c(C#N)ccc2c1CCC1C2CC[C@@]2(C)C1CC[C@@H]2C. The van der Waals surface area contributed by atoms with E-state index < -0.39 is 0 Å². The Labute approximate surface area is 219 Å². The average molecular weight is 481 g/mol. The fourth-order valence-corrected chi connectivity index (χ4v) is 6.48. The maximum atomic E-state index is 9.29. The van der Waals surface area contributed by atoms with E-state index in [2.05, 4.69) is 39.0 Å². The second-order valence-electron chi connectivity index (χ2n) is 9.75. The van der Waals surface area contributed by atoms with Gasteiger partial charge in [0, 0.05) is 0 Å². The summed E-state index contributed by atoms with van der Waals surface area (Å²) in [4.78, 5) is 0. The Morgan fingerprint density at radius 1 is 1.06 bits per heavy atom. The molecule has 3 aliphatic rings. The third-order valence-electron chi connectivity index (χ3n) is 8.61. The number of hydrogen-bond acceptors (Lipinski definition) is 2. The number of allylic oxidation sites excluding steroid dienone is 3. The number of benzene rings is 1. The quantitative estimate of drug-likeness (QED) is 0.406. The molecule has 0 spiro atoms. The predicted octanol–water partition coefficient (Wildman–Crippen LogP) is 9.86. The van der Waals surface area contributed by atoms with Gasteiger partial charge in [-0.1, -0.05) is 73.1 Å². The van der Waals surface area contributed by atoms with E-state index in [4.69, 9.17) is 5.73 Å². The first-order valence-electron chi connectivity index (χ1n) is 14.4. The summed E-state index contributed by atoms with van der Waals surface area (Å²) in [5, 5.41) is 9.29. The van der Waals surface area contributed by atoms with Crippen molar-refractivity contribution in [3.63, 3.8) is 0 Å². The molecule has 0 aliphatic heterocycles. The summed E-state index contributed by atoms with van der Waals surface area (Å²) in [7, 11) is 0. The maximum absolute atomic E-state index is 9.29. The molecule has 0 heterocycles. The van der Waals surface area contributed by atoms with Gasteiger partial charge in [-0.05, 0) is 123 Å². The summed E-state index contributed by atoms with van der Waals surface area (Å²) in [5.41, 5.74) is 12.1. The molecule has 2 fully saturated rings. The van der Waals surface area contributed by atoms with Gasteiger partial charge in [0.15, 0.2) is 0 Å². The van der Waals surface area contributed by atoms with Gasteiger partial charge in [-0.3, -0.25) is 0 Å². The van der Waals surface area contributed by atoms with Crippen LogP contribution >= 0.6 is 0 Å². The van der Waals surface area contributed by atoms with E-state index >= 15 is 0 Å². The van der Waals surface area contributed by atoms with Crippen molar-refractivity contribution in [2.45, 2.75) is 121 Å². The lowest BCUT2D eigenvalue weighted by molar-refractivity contribution is 0.0336. The van der Waals surface area contributed by atoms with Crippen molar-refractivity contribution < 1.29 is 0 Å². The van der Waals surface area contributed by atoms with Gasteiger partial charge in [-0.15, -0.1) is 0 Å². The monoisotopic (exact) mass is 480 g/mol. The highest BCUT2D eigenvalue weighted by Crippen LogP contribution is 2.62. The first-order valence-corrected chi connectivity index (χ1v) is 14.4. The Bertz CT molecular complexity index is 841. The van der Waals surface area contributed by atoms with Gasteiger partial charge in [-0.2, -0.15) is 5.26 Å². The Morgan fingerprint density at radius 3 is 2.20 bits per heavy atom. The molecule has 35 heavy (non-hydrogen) atoms. The molecule has 2 heteroatoms. The van der Waals surface area contributed by atoms with E-state index in [1.807, 2.05) is 67.5 Å². The molecule has 0 amide bonds. The minimum absolute atomic E-state index is 0.598. The average Bonchev–Trinajstić information content (AvgIpc) is 3.22. The molecule has 2 N–H and O–H groups in total. The van der Waals surface area contributed by atoms with E-state index in [-0.39, 0.29) is 0 Å². The number of nitrogens with zero attached hydrogens (tertiary/aromatic N) is 1. The molecule has 0 radical (unpaired) electrons. The van der Waals surface area contributed by atoms with Crippen LogP contribution in [0.1, 0.15) is 130 Å². The summed E-state index contributed by atoms with van der Waals surface area (Å²) >= 11 is 0. The topological polar surface area (TPSA) is 49.8 Å². The molecular formula is C33H56N2. The van der Waals surface area contributed by atoms with Crippen LogP contribution in [-0.4, -0.2) is 0 Å². The molecule has 3 aliphatic carbocycles. The summed E-state index contributed by atoms with van der Waals surface area (Å²) in [6.45, 7) is 23.2. The van der Waals surface area contributed by atoms with Gasteiger partial charge in [0.25, 0.3) is 0 Å². The van der Waals surface area contributed by atoms with Crippen LogP contribution in [0, 0.1) is 41.4 Å². The summed E-state index contributed by atoms with van der Waals surface area (Å²) < 4.78 is 0. The Hall–Kier alpha value is -2.01. The lowest BCUT2D eigenvalue weighted by Gasteiger charge is -2.51. The molecule has 198 valence electrons. The largest absolute Gasteiger partial charge is 0.405 e. The van der Waals surface area contributed by atoms with E-state index in [9.17, 15) is 5.26 Å². The molecular weight excluding hydrogens is 424 g/mol. The molecule has 3 unspecified atom stereocenters. The zero-order valence-electron chi connectivity index (χ0n) is 25.0. The van der Waals surface area contributed by atoms with Crippen LogP contribution in [0.15, 0.2) is 36.1 Å². The van der Waals surface area contributed by atoms with E-state index in [0.29, 0.717) is 5.41 Å². The van der Waals surface area contributed by atoms with Crippen molar-refractivity contribution in [1.82, 2.24) is 0 Å². The van der Waals surface area contributed by atoms with E-state index in [1.165, 1.54) is 61.4 Å². The Balaban J connectivity index is 0.000000758. The van der Waals surface area contributed by atoms with Crippen LogP contribution in [0.25, 0.3) is 0 Å². The van der Waals surface area contributed by atoms with Crippen LogP contribution in [0.3, 0.4) is 0 Å². The van der Waals surface area contributed by atoms with Gasteiger partial charge in [0.1, 0.15) is 0 Å². The molecule has 1 aromatic carbocycles. The lowest BCUT2D eigenvalue weighted by Crippen LogP contribution is -2.41. The molecule has 1 aromatic rings. The van der Waals surface area contributed by atoms with Crippen molar-refractivity contribution in [1.29, 1.82) is 5.26 Å². The minimum Gasteiger partial charge on any atom is -0.405 e. The maximum Gasteiger partial charge on any atom is 0.0994 e. The van der Waals surface area contributed by atoms with Crippen molar-refractivity contribution >= 4 is 0 Å². The van der Waals surface area contributed by atoms with Crippen molar-refractivity contribution in [3.8, 4) is 6.07 Å². The van der Waals surface area contributed by atoms with Gasteiger partial charge in [0.2, 0.25) is 0 Å². The minimum atomic E-state index is 0.598. The van der Waals surface area contributed by atoms with Crippen LogP contribution in [-0.2, 0) is 6.42 Å². The fourth-order valence-electron chi connectivity index (χ4n) is 6.48. The first-order chi connectivity index (χ1) is 16.9. The van der Waals surface area contributed by atoms with Gasteiger partial charge in [-0.25, -0.2) is 0 Å². The number of fused-ring (bicyclic) bond motifs is 5. The molecule has 0 bridgehead atoms. The van der Waals surface area contributed by atoms with Crippen molar-refractivity contribution in [3.05, 3.63) is 58.3 Å². The molecule has 2 nitrogen and oxygen atoms in total. The fraction of sp³-hybridized carbons (Fsp3) is 0.667. The smallest absolute Gasteiger partial charge is 0.0994 e. The molecule has 2 saturated carbocycles. The number of nitrogens with two attached hydrogens (primary N) is 1. The van der Waals surface area contributed by atoms with Gasteiger partial charge >= 0.3 is 0 Å². The summed E-state index contributed by atoms with van der Waals surface area (Å²) in [5.74, 6) is 3.50.